The number of ether oxygens (including phenoxy) is 1. The smallest absolute Gasteiger partial charge is 0.273 e. The zero-order chi connectivity index (χ0) is 20.7. The fourth-order valence-electron chi connectivity index (χ4n) is 4.35. The minimum atomic E-state index is -0.530. The van der Waals surface area contributed by atoms with Gasteiger partial charge in [-0.3, -0.25) is 9.78 Å². The Morgan fingerprint density at radius 1 is 1.10 bits per heavy atom. The Balaban J connectivity index is 1.39. The third-order valence-corrected chi connectivity index (χ3v) is 5.71. The van der Waals surface area contributed by atoms with E-state index in [1.165, 1.54) is 0 Å². The number of rotatable bonds is 4. The molecule has 0 N–H and O–H groups in total. The van der Waals surface area contributed by atoms with Crippen LogP contribution in [0.2, 0.25) is 0 Å². The van der Waals surface area contributed by atoms with Crippen LogP contribution in [0.3, 0.4) is 0 Å². The summed E-state index contributed by atoms with van der Waals surface area (Å²) in [7, 11) is 0. The molecule has 0 spiro atoms. The lowest BCUT2D eigenvalue weighted by molar-refractivity contribution is 0.0462. The number of pyridine rings is 2. The number of nitrogens with zero attached hydrogens (tertiary/aromatic N) is 5. The minimum Gasteiger partial charge on any atom is -0.472 e. The molecule has 1 aliphatic heterocycles. The molecular formula is C22H20FN5O2. The highest BCUT2D eigenvalue weighted by Gasteiger charge is 2.49. The SMILES string of the molecule is Cc1ccc(OC2CC3CC2N(C(=O)c2ncccc2-c2ncc(F)cn2)C3)nc1. The molecular weight excluding hydrogens is 385 g/mol. The van der Waals surface area contributed by atoms with Gasteiger partial charge in [-0.25, -0.2) is 19.3 Å². The Morgan fingerprint density at radius 2 is 1.93 bits per heavy atom. The summed E-state index contributed by atoms with van der Waals surface area (Å²) in [5, 5.41) is 0. The van der Waals surface area contributed by atoms with Crippen molar-refractivity contribution < 1.29 is 13.9 Å². The van der Waals surface area contributed by atoms with Gasteiger partial charge >= 0.3 is 0 Å². The Labute approximate surface area is 173 Å². The third kappa shape index (κ3) is 3.38. The third-order valence-electron chi connectivity index (χ3n) is 5.71. The predicted molar refractivity (Wildman–Crippen MR) is 106 cm³/mol. The van der Waals surface area contributed by atoms with E-state index in [0.29, 0.717) is 23.9 Å². The van der Waals surface area contributed by atoms with E-state index in [0.717, 1.165) is 30.8 Å². The van der Waals surface area contributed by atoms with Crippen molar-refractivity contribution in [1.82, 2.24) is 24.8 Å². The Bertz CT molecular complexity index is 1070. The number of hydrogen-bond donors (Lipinski definition) is 0. The van der Waals surface area contributed by atoms with Crippen LogP contribution in [0.5, 0.6) is 5.88 Å². The van der Waals surface area contributed by atoms with Crippen LogP contribution in [0, 0.1) is 18.7 Å². The van der Waals surface area contributed by atoms with Crippen LogP contribution >= 0.6 is 0 Å². The second-order valence-electron chi connectivity index (χ2n) is 7.82. The second-order valence-corrected chi connectivity index (χ2v) is 7.82. The van der Waals surface area contributed by atoms with Crippen molar-refractivity contribution in [2.24, 2.45) is 5.92 Å². The lowest BCUT2D eigenvalue weighted by Crippen LogP contribution is -2.47. The first-order valence-electron chi connectivity index (χ1n) is 9.91. The average molecular weight is 405 g/mol. The van der Waals surface area contributed by atoms with Gasteiger partial charge in [-0.05, 0) is 43.4 Å². The molecule has 2 bridgehead atoms. The first-order chi connectivity index (χ1) is 14.6. The number of aryl methyl sites for hydroxylation is 1. The summed E-state index contributed by atoms with van der Waals surface area (Å²) in [4.78, 5) is 31.9. The van der Waals surface area contributed by atoms with E-state index in [1.807, 2.05) is 24.0 Å². The highest BCUT2D eigenvalue weighted by molar-refractivity contribution is 5.98. The van der Waals surface area contributed by atoms with Crippen LogP contribution in [0.1, 0.15) is 28.9 Å². The summed E-state index contributed by atoms with van der Waals surface area (Å²) in [5.41, 5.74) is 1.82. The normalized spacial score (nSPS) is 22.3. The molecule has 0 radical (unpaired) electrons. The van der Waals surface area contributed by atoms with Crippen molar-refractivity contribution in [3.63, 3.8) is 0 Å². The molecule has 5 rings (SSSR count). The van der Waals surface area contributed by atoms with Crippen molar-refractivity contribution in [2.45, 2.75) is 31.9 Å². The van der Waals surface area contributed by atoms with Gasteiger partial charge in [0.15, 0.2) is 11.6 Å². The largest absolute Gasteiger partial charge is 0.472 e. The lowest BCUT2D eigenvalue weighted by Gasteiger charge is -2.33. The highest BCUT2D eigenvalue weighted by atomic mass is 19.1. The maximum absolute atomic E-state index is 13.4. The lowest BCUT2D eigenvalue weighted by atomic mass is 10.1. The molecule has 3 unspecified atom stereocenters. The molecule has 8 heteroatoms. The molecule has 3 aromatic rings. The topological polar surface area (TPSA) is 81.1 Å². The summed E-state index contributed by atoms with van der Waals surface area (Å²) in [5.74, 6) is 0.523. The van der Waals surface area contributed by atoms with Crippen molar-refractivity contribution in [1.29, 1.82) is 0 Å². The van der Waals surface area contributed by atoms with Gasteiger partial charge in [0.05, 0.1) is 24.0 Å². The maximum atomic E-state index is 13.4. The van der Waals surface area contributed by atoms with E-state index >= 15 is 0 Å². The zero-order valence-corrected chi connectivity index (χ0v) is 16.4. The van der Waals surface area contributed by atoms with E-state index in [4.69, 9.17) is 4.74 Å². The van der Waals surface area contributed by atoms with Crippen LogP contribution in [0.25, 0.3) is 11.4 Å². The number of amides is 1. The fourth-order valence-corrected chi connectivity index (χ4v) is 4.35. The minimum absolute atomic E-state index is 0.0328. The number of carbonyl (C=O) groups excluding carboxylic acids is 1. The number of fused-ring (bicyclic) bond motifs is 2. The summed E-state index contributed by atoms with van der Waals surface area (Å²) < 4.78 is 19.3. The predicted octanol–water partition coefficient (Wildman–Crippen LogP) is 3.06. The van der Waals surface area contributed by atoms with Crippen LogP contribution in [-0.4, -0.2) is 49.4 Å². The standard InChI is InChI=1S/C22H20FN5O2/c1-13-4-5-19(25-9-13)30-18-8-14-7-17(18)28(12-14)22(29)20-16(3-2-6-24-20)21-26-10-15(23)11-27-21/h2-6,9-11,14,17-18H,7-8,12H2,1H3. The summed E-state index contributed by atoms with van der Waals surface area (Å²) >= 11 is 0. The van der Waals surface area contributed by atoms with Gasteiger partial charge in [0.1, 0.15) is 11.8 Å². The monoisotopic (exact) mass is 405 g/mol. The molecule has 1 aliphatic carbocycles. The Morgan fingerprint density at radius 3 is 2.67 bits per heavy atom. The molecule has 1 amide bonds. The van der Waals surface area contributed by atoms with Gasteiger partial charge in [0.2, 0.25) is 5.88 Å². The number of carbonyl (C=O) groups is 1. The molecule has 7 nitrogen and oxygen atoms in total. The fraction of sp³-hybridized carbons (Fsp3) is 0.318. The number of aromatic nitrogens is 4. The van der Waals surface area contributed by atoms with Gasteiger partial charge in [-0.15, -0.1) is 0 Å². The number of hydrogen-bond acceptors (Lipinski definition) is 6. The van der Waals surface area contributed by atoms with Gasteiger partial charge in [-0.2, -0.15) is 0 Å². The molecule has 3 atom stereocenters. The van der Waals surface area contributed by atoms with E-state index in [9.17, 15) is 9.18 Å². The molecule has 152 valence electrons. The van der Waals surface area contributed by atoms with Gasteiger partial charge in [0.25, 0.3) is 5.91 Å². The molecule has 2 fully saturated rings. The Hall–Kier alpha value is -3.42. The molecule has 3 aromatic heterocycles. The molecule has 0 aromatic carbocycles. The highest BCUT2D eigenvalue weighted by Crippen LogP contribution is 2.40. The molecule has 1 saturated carbocycles. The van der Waals surface area contributed by atoms with Gasteiger partial charge in [0, 0.05) is 25.0 Å². The van der Waals surface area contributed by atoms with E-state index in [-0.39, 0.29) is 29.6 Å². The van der Waals surface area contributed by atoms with E-state index in [2.05, 4.69) is 19.9 Å². The molecule has 30 heavy (non-hydrogen) atoms. The van der Waals surface area contributed by atoms with Crippen molar-refractivity contribution in [3.05, 3.63) is 66.1 Å². The van der Waals surface area contributed by atoms with Gasteiger partial charge in [-0.1, -0.05) is 6.07 Å². The first-order valence-corrected chi connectivity index (χ1v) is 9.91. The number of likely N-dealkylation sites (tertiary alicyclic amines) is 1. The average Bonchev–Trinajstić information content (AvgIpc) is 3.36. The maximum Gasteiger partial charge on any atom is 0.273 e. The summed E-state index contributed by atoms with van der Waals surface area (Å²) in [6.45, 7) is 2.65. The number of piperidine rings is 1. The molecule has 4 heterocycles. The zero-order valence-electron chi connectivity index (χ0n) is 16.4. The van der Waals surface area contributed by atoms with Crippen LogP contribution in [0.15, 0.2) is 49.1 Å². The van der Waals surface area contributed by atoms with Crippen molar-refractivity contribution >= 4 is 5.91 Å². The molecule has 2 aliphatic rings. The number of halogens is 1. The van der Waals surface area contributed by atoms with Crippen molar-refractivity contribution in [3.8, 4) is 17.3 Å². The van der Waals surface area contributed by atoms with Crippen molar-refractivity contribution in [2.75, 3.05) is 6.54 Å². The first kappa shape index (κ1) is 18.6. The molecule has 1 saturated heterocycles. The van der Waals surface area contributed by atoms with Gasteiger partial charge < -0.3 is 9.64 Å². The summed E-state index contributed by atoms with van der Waals surface area (Å²) in [6.07, 6.45) is 7.21. The van der Waals surface area contributed by atoms with E-state index < -0.39 is 5.82 Å². The summed E-state index contributed by atoms with van der Waals surface area (Å²) in [6, 6.07) is 7.22. The van der Waals surface area contributed by atoms with Crippen LogP contribution in [0.4, 0.5) is 4.39 Å². The van der Waals surface area contributed by atoms with E-state index in [1.54, 1.807) is 24.5 Å². The quantitative estimate of drug-likeness (QED) is 0.664. The second kappa shape index (κ2) is 7.44. The van der Waals surface area contributed by atoms with Crippen LogP contribution < -0.4 is 4.74 Å². The van der Waals surface area contributed by atoms with Crippen LogP contribution in [-0.2, 0) is 0 Å². The Kier molecular flexibility index (Phi) is 4.61.